The largest absolute Gasteiger partial charge is 0.480 e. The van der Waals surface area contributed by atoms with E-state index in [-0.39, 0.29) is 11.5 Å². The summed E-state index contributed by atoms with van der Waals surface area (Å²) >= 11 is 0. The van der Waals surface area contributed by atoms with Gasteiger partial charge in [-0.1, -0.05) is 0 Å². The van der Waals surface area contributed by atoms with E-state index in [0.29, 0.717) is 35.3 Å². The van der Waals surface area contributed by atoms with Crippen molar-refractivity contribution in [2.24, 2.45) is 11.8 Å². The molecule has 0 spiro atoms. The lowest BCUT2D eigenvalue weighted by Gasteiger charge is -2.28. The quantitative estimate of drug-likeness (QED) is 0.791. The van der Waals surface area contributed by atoms with Crippen LogP contribution < -0.4 is 15.7 Å². The Bertz CT molecular complexity index is 1090. The minimum absolute atomic E-state index is 0.0896. The molecule has 3 aliphatic heterocycles. The SMILES string of the molecule is Cc1c(OC(C)C(=O)N2[C@@H]3CC[C@H]2[C@H]2CNC[C@H]23)ccc2c3c(c(=O)oc12)CCC3. The number of hydrogen-bond donors (Lipinski definition) is 1. The number of benzene rings is 1. The number of nitrogens with one attached hydrogen (secondary N) is 1. The van der Waals surface area contributed by atoms with Crippen LogP contribution in [0.5, 0.6) is 5.75 Å². The van der Waals surface area contributed by atoms with Crippen LogP contribution >= 0.6 is 0 Å². The number of carbonyl (C=O) groups excluding carboxylic acids is 1. The van der Waals surface area contributed by atoms with Crippen LogP contribution in [0.25, 0.3) is 11.0 Å². The zero-order chi connectivity index (χ0) is 20.6. The molecule has 6 nitrogen and oxygen atoms in total. The molecule has 0 saturated carbocycles. The zero-order valence-corrected chi connectivity index (χ0v) is 17.6. The van der Waals surface area contributed by atoms with E-state index >= 15 is 0 Å². The molecule has 2 bridgehead atoms. The molecule has 4 heterocycles. The molecule has 158 valence electrons. The van der Waals surface area contributed by atoms with Crippen molar-refractivity contribution >= 4 is 16.9 Å². The van der Waals surface area contributed by atoms with Gasteiger partial charge in [0.25, 0.3) is 5.91 Å². The number of nitrogens with zero attached hydrogens (tertiary/aromatic N) is 1. The first-order valence-corrected chi connectivity index (χ1v) is 11.3. The van der Waals surface area contributed by atoms with Crippen molar-refractivity contribution in [3.8, 4) is 5.75 Å². The highest BCUT2D eigenvalue weighted by Gasteiger charge is 2.56. The lowest BCUT2D eigenvalue weighted by molar-refractivity contribution is -0.139. The lowest BCUT2D eigenvalue weighted by Crippen LogP contribution is -2.45. The topological polar surface area (TPSA) is 71.8 Å². The summed E-state index contributed by atoms with van der Waals surface area (Å²) in [5.74, 6) is 1.90. The molecule has 4 aliphatic rings. The van der Waals surface area contributed by atoms with Crippen molar-refractivity contribution in [3.05, 3.63) is 39.2 Å². The summed E-state index contributed by atoms with van der Waals surface area (Å²) in [5, 5.41) is 4.50. The third-order valence-corrected chi connectivity index (χ3v) is 8.02. The number of rotatable bonds is 3. The first-order chi connectivity index (χ1) is 14.5. The number of ether oxygens (including phenoxy) is 1. The molecule has 3 saturated heterocycles. The first kappa shape index (κ1) is 18.4. The Kier molecular flexibility index (Phi) is 4.04. The zero-order valence-electron chi connectivity index (χ0n) is 17.6. The van der Waals surface area contributed by atoms with Crippen LogP contribution in [0.3, 0.4) is 0 Å². The fourth-order valence-corrected chi connectivity index (χ4v) is 6.64. The molecule has 1 N–H and O–H groups in total. The number of amides is 1. The number of carbonyl (C=O) groups is 1. The van der Waals surface area contributed by atoms with Crippen LogP contribution in [0.15, 0.2) is 21.3 Å². The van der Waals surface area contributed by atoms with Crippen LogP contribution in [0.1, 0.15) is 42.9 Å². The number of aryl methyl sites for hydroxylation is 2. The highest BCUT2D eigenvalue weighted by Crippen LogP contribution is 2.47. The van der Waals surface area contributed by atoms with Crippen molar-refractivity contribution < 1.29 is 13.9 Å². The average Bonchev–Trinajstić information content (AvgIpc) is 3.51. The Morgan fingerprint density at radius 3 is 2.60 bits per heavy atom. The lowest BCUT2D eigenvalue weighted by atomic mass is 9.82. The van der Waals surface area contributed by atoms with Crippen molar-refractivity contribution in [3.63, 3.8) is 0 Å². The summed E-state index contributed by atoms with van der Waals surface area (Å²) in [7, 11) is 0. The maximum atomic E-state index is 13.3. The average molecular weight is 408 g/mol. The predicted molar refractivity (Wildman–Crippen MR) is 113 cm³/mol. The highest BCUT2D eigenvalue weighted by atomic mass is 16.5. The van der Waals surface area contributed by atoms with Gasteiger partial charge >= 0.3 is 5.63 Å². The molecule has 6 rings (SSSR count). The Morgan fingerprint density at radius 1 is 1.17 bits per heavy atom. The molecule has 30 heavy (non-hydrogen) atoms. The molecule has 1 amide bonds. The van der Waals surface area contributed by atoms with Gasteiger partial charge < -0.3 is 19.4 Å². The van der Waals surface area contributed by atoms with Gasteiger partial charge in [0.1, 0.15) is 11.3 Å². The second kappa shape index (κ2) is 6.58. The van der Waals surface area contributed by atoms with Crippen molar-refractivity contribution in [1.82, 2.24) is 10.2 Å². The van der Waals surface area contributed by atoms with Crippen LogP contribution in [0.2, 0.25) is 0 Å². The molecule has 1 aromatic heterocycles. The van der Waals surface area contributed by atoms with Crippen molar-refractivity contribution in [1.29, 1.82) is 0 Å². The summed E-state index contributed by atoms with van der Waals surface area (Å²) in [4.78, 5) is 27.9. The Labute approximate surface area is 175 Å². The van der Waals surface area contributed by atoms with E-state index in [9.17, 15) is 9.59 Å². The Morgan fingerprint density at radius 2 is 1.87 bits per heavy atom. The molecule has 1 unspecified atom stereocenters. The summed E-state index contributed by atoms with van der Waals surface area (Å²) in [6, 6.07) is 4.62. The van der Waals surface area contributed by atoms with E-state index in [1.165, 1.54) is 0 Å². The van der Waals surface area contributed by atoms with E-state index < -0.39 is 6.10 Å². The van der Waals surface area contributed by atoms with E-state index in [0.717, 1.165) is 67.3 Å². The van der Waals surface area contributed by atoms with E-state index in [1.54, 1.807) is 0 Å². The molecule has 1 aromatic carbocycles. The van der Waals surface area contributed by atoms with E-state index in [4.69, 9.17) is 9.15 Å². The fourth-order valence-electron chi connectivity index (χ4n) is 6.64. The summed E-state index contributed by atoms with van der Waals surface area (Å²) in [5.41, 5.74) is 3.11. The van der Waals surface area contributed by atoms with Crippen molar-refractivity contribution in [2.75, 3.05) is 13.1 Å². The summed E-state index contributed by atoms with van der Waals surface area (Å²) in [6.07, 6.45) is 4.37. The van der Waals surface area contributed by atoms with Crippen LogP contribution in [-0.2, 0) is 17.6 Å². The molecule has 5 atom stereocenters. The van der Waals surface area contributed by atoms with Gasteiger partial charge in [-0.3, -0.25) is 4.79 Å². The van der Waals surface area contributed by atoms with Crippen LogP contribution in [-0.4, -0.2) is 42.1 Å². The smallest absolute Gasteiger partial charge is 0.339 e. The molecule has 6 heteroatoms. The third kappa shape index (κ3) is 2.46. The van der Waals surface area contributed by atoms with Crippen molar-refractivity contribution in [2.45, 2.75) is 64.1 Å². The second-order valence-electron chi connectivity index (χ2n) is 9.47. The minimum Gasteiger partial charge on any atom is -0.480 e. The number of fused-ring (bicyclic) bond motifs is 8. The molecular formula is C24H28N2O4. The maximum Gasteiger partial charge on any atom is 0.339 e. The molecule has 2 aromatic rings. The normalized spacial score (nSPS) is 30.0. The fraction of sp³-hybridized carbons (Fsp3) is 0.583. The highest BCUT2D eigenvalue weighted by molar-refractivity contribution is 5.87. The summed E-state index contributed by atoms with van der Waals surface area (Å²) in [6.45, 7) is 5.81. The standard InChI is InChI=1S/C24H28N2O4/c1-12-21(9-6-15-14-4-3-5-16(14)24(28)30-22(12)15)29-13(2)23(27)26-19-7-8-20(26)18-11-25-10-17(18)19/h6,9,13,17-20,25H,3-5,7-8,10-11H2,1-2H3/t13?,17-,18+,19-,20+. The predicted octanol–water partition coefficient (Wildman–Crippen LogP) is 2.57. The van der Waals surface area contributed by atoms with Gasteiger partial charge in [-0.15, -0.1) is 0 Å². The van der Waals surface area contributed by atoms with Gasteiger partial charge in [0.2, 0.25) is 0 Å². The first-order valence-electron chi connectivity index (χ1n) is 11.3. The molecule has 1 aliphatic carbocycles. The van der Waals surface area contributed by atoms with Crippen LogP contribution in [0.4, 0.5) is 0 Å². The molecular weight excluding hydrogens is 380 g/mol. The third-order valence-electron chi connectivity index (χ3n) is 8.02. The molecule has 3 fully saturated rings. The van der Waals surface area contributed by atoms with Gasteiger partial charge in [-0.05, 0) is 75.5 Å². The van der Waals surface area contributed by atoms with Gasteiger partial charge in [0.05, 0.1) is 0 Å². The Balaban J connectivity index is 1.28. The number of hydrogen-bond acceptors (Lipinski definition) is 5. The maximum absolute atomic E-state index is 13.3. The Hall–Kier alpha value is -2.34. The second-order valence-corrected chi connectivity index (χ2v) is 9.47. The van der Waals surface area contributed by atoms with Gasteiger partial charge in [0.15, 0.2) is 6.10 Å². The molecule has 0 radical (unpaired) electrons. The minimum atomic E-state index is -0.558. The van der Waals surface area contributed by atoms with Gasteiger partial charge in [-0.2, -0.15) is 0 Å². The van der Waals surface area contributed by atoms with Gasteiger partial charge in [-0.25, -0.2) is 4.79 Å². The van der Waals surface area contributed by atoms with Crippen LogP contribution in [0, 0.1) is 18.8 Å². The van der Waals surface area contributed by atoms with E-state index in [2.05, 4.69) is 10.2 Å². The monoisotopic (exact) mass is 408 g/mol. The van der Waals surface area contributed by atoms with Gasteiger partial charge in [0, 0.05) is 41.7 Å². The van der Waals surface area contributed by atoms with E-state index in [1.807, 2.05) is 26.0 Å². The summed E-state index contributed by atoms with van der Waals surface area (Å²) < 4.78 is 11.8.